The summed E-state index contributed by atoms with van der Waals surface area (Å²) < 4.78 is 10.8. The summed E-state index contributed by atoms with van der Waals surface area (Å²) in [6.07, 6.45) is 8.41. The van der Waals surface area contributed by atoms with Crippen LogP contribution in [0, 0.1) is 5.92 Å². The SMILES string of the molecule is COc1ccc(-c2nn([C@H]3C[C@H]4C(=O)N[C@@]5(C(=O)O)C[C@H]5C=CCCCCC[C@@H](NC(=O)OC(C)(C)C)C(=O)N4C3)nc2-c2nccs2)cc1Cl. The normalized spacial score (nSPS) is 25.5. The molecule has 5 atom stereocenters. The van der Waals surface area contributed by atoms with Crippen molar-refractivity contribution in [1.29, 1.82) is 0 Å². The molecule has 0 bridgehead atoms. The van der Waals surface area contributed by atoms with E-state index in [0.717, 1.165) is 19.3 Å². The molecule has 1 saturated heterocycles. The zero-order valence-electron chi connectivity index (χ0n) is 28.9. The van der Waals surface area contributed by atoms with Crippen LogP contribution in [0.5, 0.6) is 5.75 Å². The average Bonchev–Trinajstić information content (AvgIpc) is 3.52. The lowest BCUT2D eigenvalue weighted by Gasteiger charge is -2.30. The van der Waals surface area contributed by atoms with Gasteiger partial charge in [0.25, 0.3) is 0 Å². The number of carbonyl (C=O) groups excluding carboxylic acids is 3. The molecule has 1 saturated carbocycles. The Balaban J connectivity index is 1.37. The largest absolute Gasteiger partial charge is 0.495 e. The molecule has 0 unspecified atom stereocenters. The summed E-state index contributed by atoms with van der Waals surface area (Å²) in [5, 5.41) is 28.3. The summed E-state index contributed by atoms with van der Waals surface area (Å²) in [4.78, 5) is 61.4. The molecule has 3 N–H and O–H groups in total. The molecule has 6 rings (SSSR count). The fraction of sp³-hybridized carbons (Fsp3) is 0.514. The standard InChI is InChI=1S/C35H42ClN7O7S/c1-34(2,3)50-33(48)38-24-11-9-7-5-6-8-10-21-18-35(21,32(46)47)39-29(44)25-17-22(19-42(25)31(24)45)43-40-27(28(41-43)30-37-14-15-51-30)20-12-13-26(49-4)23(36)16-20/h8,10,12-16,21-22,24-25H,5-7,9,11,17-19H2,1-4H3,(H,38,48)(H,39,44)(H,46,47)/t21-,22+,24-,25+,35+/m1/s1. The van der Waals surface area contributed by atoms with Crippen LogP contribution in [0.4, 0.5) is 4.79 Å². The average molecular weight is 740 g/mol. The molecule has 3 amide bonds. The molecule has 272 valence electrons. The van der Waals surface area contributed by atoms with Gasteiger partial charge in [0.05, 0.1) is 18.2 Å². The molecule has 2 aromatic heterocycles. The first-order valence-electron chi connectivity index (χ1n) is 17.0. The monoisotopic (exact) mass is 739 g/mol. The number of carbonyl (C=O) groups is 4. The van der Waals surface area contributed by atoms with Gasteiger partial charge in [-0.25, -0.2) is 14.6 Å². The Hall–Kier alpha value is -4.50. The van der Waals surface area contributed by atoms with Crippen LogP contribution in [-0.4, -0.2) is 90.7 Å². The van der Waals surface area contributed by atoms with Crippen molar-refractivity contribution in [3.05, 3.63) is 47.0 Å². The zero-order valence-corrected chi connectivity index (χ0v) is 30.5. The van der Waals surface area contributed by atoms with Crippen LogP contribution < -0.4 is 15.4 Å². The maximum Gasteiger partial charge on any atom is 0.408 e. The highest BCUT2D eigenvalue weighted by atomic mass is 35.5. The second-order valence-corrected chi connectivity index (χ2v) is 15.4. The second-order valence-electron chi connectivity index (χ2n) is 14.1. The van der Waals surface area contributed by atoms with Crippen molar-refractivity contribution < 1.29 is 33.8 Å². The fourth-order valence-corrected chi connectivity index (χ4v) is 7.55. The van der Waals surface area contributed by atoms with Gasteiger partial charge < -0.3 is 30.1 Å². The van der Waals surface area contributed by atoms with E-state index in [4.69, 9.17) is 31.3 Å². The Bertz CT molecular complexity index is 1820. The van der Waals surface area contributed by atoms with Gasteiger partial charge in [0.1, 0.15) is 45.4 Å². The molecule has 1 aromatic carbocycles. The first-order valence-corrected chi connectivity index (χ1v) is 18.3. The maximum absolute atomic E-state index is 14.4. The summed E-state index contributed by atoms with van der Waals surface area (Å²) in [5.74, 6) is -2.06. The molecule has 2 aliphatic heterocycles. The third kappa shape index (κ3) is 7.88. The van der Waals surface area contributed by atoms with Gasteiger partial charge in [-0.15, -0.1) is 16.4 Å². The van der Waals surface area contributed by atoms with Gasteiger partial charge in [-0.1, -0.05) is 36.6 Å². The number of amides is 3. The number of carboxylic acids is 1. The number of benzene rings is 1. The zero-order chi connectivity index (χ0) is 36.5. The molecule has 51 heavy (non-hydrogen) atoms. The quantitative estimate of drug-likeness (QED) is 0.283. The van der Waals surface area contributed by atoms with Crippen molar-refractivity contribution in [2.24, 2.45) is 5.92 Å². The molecule has 2 fully saturated rings. The van der Waals surface area contributed by atoms with Crippen LogP contribution in [0.1, 0.15) is 71.8 Å². The molecule has 0 spiro atoms. The van der Waals surface area contributed by atoms with Gasteiger partial charge in [-0.3, -0.25) is 9.59 Å². The number of alkyl carbamates (subject to hydrolysis) is 1. The van der Waals surface area contributed by atoms with E-state index in [-0.39, 0.29) is 25.3 Å². The van der Waals surface area contributed by atoms with E-state index >= 15 is 0 Å². The Labute approximate surface area is 304 Å². The highest BCUT2D eigenvalue weighted by molar-refractivity contribution is 7.13. The molecule has 1 aliphatic carbocycles. The topological polar surface area (TPSA) is 178 Å². The van der Waals surface area contributed by atoms with E-state index in [1.165, 1.54) is 28.1 Å². The van der Waals surface area contributed by atoms with E-state index in [1.54, 1.807) is 39.1 Å². The minimum atomic E-state index is -1.46. The number of hydrogen-bond donors (Lipinski definition) is 3. The lowest BCUT2D eigenvalue weighted by atomic mass is 10.0. The number of halogens is 1. The van der Waals surface area contributed by atoms with E-state index in [9.17, 15) is 24.3 Å². The summed E-state index contributed by atoms with van der Waals surface area (Å²) >= 11 is 7.87. The van der Waals surface area contributed by atoms with Crippen LogP contribution >= 0.6 is 22.9 Å². The lowest BCUT2D eigenvalue weighted by Crippen LogP contribution is -2.56. The second kappa shape index (κ2) is 14.6. The van der Waals surface area contributed by atoms with Crippen molar-refractivity contribution >= 4 is 46.8 Å². The molecular formula is C35H42ClN7O7S. The Morgan fingerprint density at radius 2 is 1.94 bits per heavy atom. The number of allylic oxidation sites excluding steroid dienone is 1. The highest BCUT2D eigenvalue weighted by Gasteiger charge is 2.61. The predicted molar refractivity (Wildman–Crippen MR) is 189 cm³/mol. The van der Waals surface area contributed by atoms with Gasteiger partial charge >= 0.3 is 12.1 Å². The number of ether oxygens (including phenoxy) is 2. The van der Waals surface area contributed by atoms with Crippen molar-refractivity contribution in [1.82, 2.24) is 35.5 Å². The van der Waals surface area contributed by atoms with Crippen LogP contribution in [0.2, 0.25) is 5.02 Å². The Morgan fingerprint density at radius 1 is 1.16 bits per heavy atom. The lowest BCUT2D eigenvalue weighted by molar-refractivity contribution is -0.145. The van der Waals surface area contributed by atoms with Gasteiger partial charge in [-0.05, 0) is 64.7 Å². The van der Waals surface area contributed by atoms with Crippen LogP contribution in [-0.2, 0) is 19.1 Å². The first-order chi connectivity index (χ1) is 24.3. The molecule has 14 nitrogen and oxygen atoms in total. The van der Waals surface area contributed by atoms with Crippen molar-refractivity contribution in [2.75, 3.05) is 13.7 Å². The number of aliphatic carboxylic acids is 1. The third-order valence-electron chi connectivity index (χ3n) is 9.34. The third-order valence-corrected chi connectivity index (χ3v) is 10.4. The molecule has 4 heterocycles. The number of hydrogen-bond acceptors (Lipinski definition) is 10. The van der Waals surface area contributed by atoms with Gasteiger partial charge in [0, 0.05) is 36.0 Å². The van der Waals surface area contributed by atoms with Crippen molar-refractivity contribution in [3.63, 3.8) is 0 Å². The van der Waals surface area contributed by atoms with Gasteiger partial charge in [0.15, 0.2) is 0 Å². The Kier molecular flexibility index (Phi) is 10.4. The van der Waals surface area contributed by atoms with Crippen LogP contribution in [0.3, 0.4) is 0 Å². The van der Waals surface area contributed by atoms with Crippen molar-refractivity contribution in [3.8, 4) is 27.7 Å². The predicted octanol–water partition coefficient (Wildman–Crippen LogP) is 5.25. The molecule has 16 heteroatoms. The van der Waals surface area contributed by atoms with E-state index in [2.05, 4.69) is 15.6 Å². The van der Waals surface area contributed by atoms with E-state index in [1.807, 2.05) is 23.6 Å². The maximum atomic E-state index is 14.4. The number of fused-ring (bicyclic) bond motifs is 2. The smallest absolute Gasteiger partial charge is 0.408 e. The molecule has 3 aromatic rings. The van der Waals surface area contributed by atoms with E-state index < -0.39 is 53.1 Å². The molecule has 3 aliphatic rings. The summed E-state index contributed by atoms with van der Waals surface area (Å²) in [6.45, 7) is 5.23. The number of aromatic nitrogens is 4. The van der Waals surface area contributed by atoms with Gasteiger partial charge in [0.2, 0.25) is 11.8 Å². The number of rotatable bonds is 6. The minimum Gasteiger partial charge on any atom is -0.495 e. The highest BCUT2D eigenvalue weighted by Crippen LogP contribution is 2.46. The van der Waals surface area contributed by atoms with Crippen molar-refractivity contribution in [2.45, 2.75) is 95.0 Å². The summed E-state index contributed by atoms with van der Waals surface area (Å²) in [7, 11) is 1.53. The molecule has 0 radical (unpaired) electrons. The number of nitrogens with zero attached hydrogens (tertiary/aromatic N) is 5. The Morgan fingerprint density at radius 3 is 2.63 bits per heavy atom. The van der Waals surface area contributed by atoms with E-state index in [0.29, 0.717) is 45.6 Å². The number of carboxylic acid groups (broad SMARTS) is 1. The number of thiazole rings is 1. The first kappa shape index (κ1) is 36.3. The summed E-state index contributed by atoms with van der Waals surface area (Å²) in [5.41, 5.74) is -0.599. The van der Waals surface area contributed by atoms with Crippen LogP contribution in [0.25, 0.3) is 22.0 Å². The van der Waals surface area contributed by atoms with Crippen LogP contribution in [0.15, 0.2) is 41.9 Å². The van der Waals surface area contributed by atoms with Gasteiger partial charge in [-0.2, -0.15) is 9.90 Å². The summed E-state index contributed by atoms with van der Waals surface area (Å²) in [6, 6.07) is 2.64. The molecular weight excluding hydrogens is 698 g/mol. The fourth-order valence-electron chi connectivity index (χ4n) is 6.67. The minimum absolute atomic E-state index is 0.0294. The number of nitrogens with one attached hydrogen (secondary N) is 2. The number of methoxy groups -OCH3 is 1.